The van der Waals surface area contributed by atoms with E-state index in [2.05, 4.69) is 16.0 Å². The fraction of sp³-hybridized carbons (Fsp3) is 0.286. The van der Waals surface area contributed by atoms with Crippen molar-refractivity contribution in [1.82, 2.24) is 14.9 Å². The molecule has 0 unspecified atom stereocenters. The van der Waals surface area contributed by atoms with Crippen molar-refractivity contribution < 1.29 is 13.9 Å². The van der Waals surface area contributed by atoms with Crippen LogP contribution in [0.25, 0.3) is 0 Å². The highest BCUT2D eigenvalue weighted by Crippen LogP contribution is 2.22. The second kappa shape index (κ2) is 7.34. The fourth-order valence-electron chi connectivity index (χ4n) is 3.36. The number of benzene rings is 1. The monoisotopic (exact) mass is 379 g/mol. The molecular formula is C21H21N3O4. The Kier molecular flexibility index (Phi) is 4.73. The van der Waals surface area contributed by atoms with Gasteiger partial charge in [0, 0.05) is 13.0 Å². The minimum atomic E-state index is -0.244. The second-order valence-electron chi connectivity index (χ2n) is 6.96. The maximum atomic E-state index is 12.8. The Labute approximate surface area is 162 Å². The second-order valence-corrected chi connectivity index (χ2v) is 6.96. The average molecular weight is 379 g/mol. The zero-order valence-electron chi connectivity index (χ0n) is 15.8. The molecule has 1 aliphatic heterocycles. The van der Waals surface area contributed by atoms with Crippen molar-refractivity contribution in [3.05, 3.63) is 80.9 Å². The molecule has 0 spiro atoms. The summed E-state index contributed by atoms with van der Waals surface area (Å²) in [6.07, 6.45) is 1.95. The number of aromatic amines is 1. The van der Waals surface area contributed by atoms with E-state index in [9.17, 15) is 9.59 Å². The van der Waals surface area contributed by atoms with Crippen LogP contribution in [0, 0.1) is 13.8 Å². The van der Waals surface area contributed by atoms with Crippen molar-refractivity contribution >= 4 is 5.91 Å². The van der Waals surface area contributed by atoms with Gasteiger partial charge in [-0.1, -0.05) is 17.7 Å². The lowest BCUT2D eigenvalue weighted by Gasteiger charge is -2.26. The van der Waals surface area contributed by atoms with Crippen molar-refractivity contribution in [2.45, 2.75) is 33.4 Å². The van der Waals surface area contributed by atoms with E-state index in [1.807, 2.05) is 26.0 Å². The molecular weight excluding hydrogens is 358 g/mol. The lowest BCUT2D eigenvalue weighted by molar-refractivity contribution is 0.0696. The number of aryl methyl sites for hydroxylation is 2. The zero-order valence-corrected chi connectivity index (χ0v) is 15.8. The standard InChI is InChI=1S/C21H21N3O4/c1-13-3-5-18(14(2)9-13)27-11-15-4-6-19(28-15)21(26)24-8-7-17-16(10-24)20(25)23-12-22-17/h3-6,9,12H,7-8,10-11H2,1-2H3,(H,22,23,25). The maximum Gasteiger partial charge on any atom is 0.289 e. The van der Waals surface area contributed by atoms with E-state index in [1.165, 1.54) is 11.9 Å². The van der Waals surface area contributed by atoms with Gasteiger partial charge < -0.3 is 19.0 Å². The molecule has 1 aliphatic rings. The number of nitrogens with one attached hydrogen (secondary N) is 1. The van der Waals surface area contributed by atoms with Crippen LogP contribution in [0.4, 0.5) is 0 Å². The number of nitrogens with zero attached hydrogens (tertiary/aromatic N) is 2. The number of fused-ring (bicyclic) bond motifs is 1. The summed E-state index contributed by atoms with van der Waals surface area (Å²) >= 11 is 0. The van der Waals surface area contributed by atoms with Crippen LogP contribution in [-0.4, -0.2) is 27.3 Å². The van der Waals surface area contributed by atoms with Crippen LogP contribution in [0.3, 0.4) is 0 Å². The van der Waals surface area contributed by atoms with Gasteiger partial charge in [0.25, 0.3) is 11.5 Å². The van der Waals surface area contributed by atoms with Crippen LogP contribution in [-0.2, 0) is 19.6 Å². The minimum absolute atomic E-state index is 0.204. The summed E-state index contributed by atoms with van der Waals surface area (Å²) < 4.78 is 11.5. The molecule has 2 aromatic heterocycles. The molecule has 28 heavy (non-hydrogen) atoms. The highest BCUT2D eigenvalue weighted by atomic mass is 16.5. The molecule has 7 heteroatoms. The third kappa shape index (κ3) is 3.55. The Bertz CT molecular complexity index is 1080. The van der Waals surface area contributed by atoms with Gasteiger partial charge in [0.2, 0.25) is 0 Å². The van der Waals surface area contributed by atoms with Gasteiger partial charge >= 0.3 is 0 Å². The van der Waals surface area contributed by atoms with Crippen LogP contribution in [0.15, 0.2) is 45.9 Å². The van der Waals surface area contributed by atoms with Gasteiger partial charge in [-0.2, -0.15) is 0 Å². The minimum Gasteiger partial charge on any atom is -0.485 e. The molecule has 4 rings (SSSR count). The Morgan fingerprint density at radius 3 is 2.96 bits per heavy atom. The SMILES string of the molecule is Cc1ccc(OCc2ccc(C(=O)N3CCc4nc[nH]c(=O)c4C3)o2)c(C)c1. The number of hydrogen-bond acceptors (Lipinski definition) is 5. The van der Waals surface area contributed by atoms with Gasteiger partial charge in [-0.05, 0) is 37.6 Å². The molecule has 0 saturated heterocycles. The van der Waals surface area contributed by atoms with Gasteiger partial charge in [-0.3, -0.25) is 9.59 Å². The topological polar surface area (TPSA) is 88.4 Å². The highest BCUT2D eigenvalue weighted by molar-refractivity contribution is 5.91. The van der Waals surface area contributed by atoms with Gasteiger partial charge in [0.1, 0.15) is 18.1 Å². The number of H-pyrrole nitrogens is 1. The molecule has 3 heterocycles. The summed E-state index contributed by atoms with van der Waals surface area (Å²) in [7, 11) is 0. The molecule has 144 valence electrons. The lowest BCUT2D eigenvalue weighted by Crippen LogP contribution is -2.39. The van der Waals surface area contributed by atoms with Crippen molar-refractivity contribution in [3.63, 3.8) is 0 Å². The summed E-state index contributed by atoms with van der Waals surface area (Å²) in [6.45, 7) is 4.99. The number of ether oxygens (including phenoxy) is 1. The summed E-state index contributed by atoms with van der Waals surface area (Å²) in [5.41, 5.74) is 3.30. The van der Waals surface area contributed by atoms with E-state index in [-0.39, 0.29) is 30.4 Å². The van der Waals surface area contributed by atoms with Crippen LogP contribution >= 0.6 is 0 Å². The first kappa shape index (κ1) is 18.0. The molecule has 1 aromatic carbocycles. The molecule has 0 atom stereocenters. The Morgan fingerprint density at radius 1 is 1.29 bits per heavy atom. The number of rotatable bonds is 4. The molecule has 0 radical (unpaired) electrons. The van der Waals surface area contributed by atoms with E-state index in [0.29, 0.717) is 24.3 Å². The summed E-state index contributed by atoms with van der Waals surface area (Å²) in [4.78, 5) is 33.1. The Hall–Kier alpha value is -3.35. The highest BCUT2D eigenvalue weighted by Gasteiger charge is 2.26. The van der Waals surface area contributed by atoms with Crippen LogP contribution in [0.5, 0.6) is 5.75 Å². The maximum absolute atomic E-state index is 12.8. The van der Waals surface area contributed by atoms with E-state index >= 15 is 0 Å². The third-order valence-corrected chi connectivity index (χ3v) is 4.87. The molecule has 0 bridgehead atoms. The number of hydrogen-bond donors (Lipinski definition) is 1. The van der Waals surface area contributed by atoms with E-state index in [4.69, 9.17) is 9.15 Å². The number of amides is 1. The summed E-state index contributed by atoms with van der Waals surface area (Å²) in [5.74, 6) is 1.35. The smallest absolute Gasteiger partial charge is 0.289 e. The molecule has 7 nitrogen and oxygen atoms in total. The molecule has 1 amide bonds. The van der Waals surface area contributed by atoms with E-state index in [1.54, 1.807) is 17.0 Å². The van der Waals surface area contributed by atoms with Crippen molar-refractivity contribution in [1.29, 1.82) is 0 Å². The summed E-state index contributed by atoms with van der Waals surface area (Å²) in [6, 6.07) is 9.35. The van der Waals surface area contributed by atoms with Gasteiger partial charge in [0.15, 0.2) is 5.76 Å². The first-order valence-corrected chi connectivity index (χ1v) is 9.15. The van der Waals surface area contributed by atoms with Crippen LogP contribution < -0.4 is 10.3 Å². The van der Waals surface area contributed by atoms with E-state index < -0.39 is 0 Å². The molecule has 0 saturated carbocycles. The molecule has 0 aliphatic carbocycles. The Morgan fingerprint density at radius 2 is 2.14 bits per heavy atom. The Balaban J connectivity index is 1.43. The van der Waals surface area contributed by atoms with Crippen molar-refractivity contribution in [2.24, 2.45) is 0 Å². The van der Waals surface area contributed by atoms with E-state index in [0.717, 1.165) is 17.0 Å². The van der Waals surface area contributed by atoms with Crippen LogP contribution in [0.2, 0.25) is 0 Å². The van der Waals surface area contributed by atoms with Crippen LogP contribution in [0.1, 0.15) is 38.7 Å². The number of carbonyl (C=O) groups excluding carboxylic acids is 1. The number of aromatic nitrogens is 2. The zero-order chi connectivity index (χ0) is 19.7. The largest absolute Gasteiger partial charge is 0.485 e. The molecule has 1 N–H and O–H groups in total. The quantitative estimate of drug-likeness (QED) is 0.753. The summed E-state index contributed by atoms with van der Waals surface area (Å²) in [5, 5.41) is 0. The average Bonchev–Trinajstić information content (AvgIpc) is 3.16. The van der Waals surface area contributed by atoms with Gasteiger partial charge in [-0.25, -0.2) is 4.98 Å². The van der Waals surface area contributed by atoms with Gasteiger partial charge in [0.05, 0.1) is 24.1 Å². The predicted octanol–water partition coefficient (Wildman–Crippen LogP) is 2.76. The van der Waals surface area contributed by atoms with Gasteiger partial charge in [-0.15, -0.1) is 0 Å². The van der Waals surface area contributed by atoms with Crippen molar-refractivity contribution in [3.8, 4) is 5.75 Å². The normalized spacial score (nSPS) is 13.3. The number of furan rings is 1. The predicted molar refractivity (Wildman–Crippen MR) is 102 cm³/mol. The number of carbonyl (C=O) groups is 1. The molecule has 0 fully saturated rings. The first-order chi connectivity index (χ1) is 13.5. The molecule has 3 aromatic rings. The third-order valence-electron chi connectivity index (χ3n) is 4.87. The first-order valence-electron chi connectivity index (χ1n) is 9.15. The fourth-order valence-corrected chi connectivity index (χ4v) is 3.36. The lowest BCUT2D eigenvalue weighted by atomic mass is 10.1. The van der Waals surface area contributed by atoms with Crippen molar-refractivity contribution in [2.75, 3.05) is 6.54 Å².